The smallest absolute Gasteiger partial charge is 0.158 e. The van der Waals surface area contributed by atoms with Crippen LogP contribution in [0.3, 0.4) is 0 Å². The van der Waals surface area contributed by atoms with Crippen LogP contribution in [0.15, 0.2) is 0 Å². The molecule has 0 radical (unpaired) electrons. The van der Waals surface area contributed by atoms with E-state index >= 15 is 0 Å². The molecule has 0 saturated heterocycles. The summed E-state index contributed by atoms with van der Waals surface area (Å²) in [5.74, 6) is -0.0812. The molecule has 1 rings (SSSR count). The topological polar surface area (TPSA) is 57.5 Å². The average Bonchev–Trinajstić information content (AvgIpc) is 2.04. The summed E-state index contributed by atoms with van der Waals surface area (Å²) in [6.45, 7) is 1.41. The minimum atomic E-state index is -0.808. The van der Waals surface area contributed by atoms with Gasteiger partial charge in [-0.05, 0) is 38.5 Å². The molecular formula is C9H16O3. The summed E-state index contributed by atoms with van der Waals surface area (Å²) < 4.78 is 0. The first-order valence-electron chi connectivity index (χ1n) is 4.48. The molecule has 2 N–H and O–H groups in total. The number of aliphatic hydroxyl groups is 2. The molecule has 3 heteroatoms. The first kappa shape index (κ1) is 9.68. The predicted molar refractivity (Wildman–Crippen MR) is 44.7 cm³/mol. The van der Waals surface area contributed by atoms with Crippen LogP contribution >= 0.6 is 0 Å². The Morgan fingerprint density at radius 3 is 2.25 bits per heavy atom. The van der Waals surface area contributed by atoms with E-state index in [2.05, 4.69) is 0 Å². The van der Waals surface area contributed by atoms with Gasteiger partial charge < -0.3 is 10.2 Å². The molecule has 1 aliphatic carbocycles. The van der Waals surface area contributed by atoms with Crippen molar-refractivity contribution in [3.05, 3.63) is 0 Å². The molecule has 3 nitrogen and oxygen atoms in total. The molecule has 0 aromatic carbocycles. The number of carbonyl (C=O) groups excluding carboxylic acids is 1. The van der Waals surface area contributed by atoms with E-state index in [0.29, 0.717) is 0 Å². The molecule has 1 fully saturated rings. The van der Waals surface area contributed by atoms with Crippen LogP contribution < -0.4 is 0 Å². The zero-order chi connectivity index (χ0) is 9.14. The molecule has 1 atom stereocenters. The molecule has 0 spiro atoms. The van der Waals surface area contributed by atoms with E-state index in [1.165, 1.54) is 6.92 Å². The number of carbonyl (C=O) groups is 1. The van der Waals surface area contributed by atoms with Gasteiger partial charge in [-0.1, -0.05) is 0 Å². The molecule has 70 valence electrons. The van der Waals surface area contributed by atoms with Gasteiger partial charge in [0.25, 0.3) is 0 Å². The average molecular weight is 172 g/mol. The van der Waals surface area contributed by atoms with Crippen LogP contribution in [0.5, 0.6) is 0 Å². The number of aliphatic hydroxyl groups excluding tert-OH is 2. The van der Waals surface area contributed by atoms with Crippen LogP contribution in [0, 0.1) is 5.92 Å². The largest absolute Gasteiger partial charge is 0.393 e. The Labute approximate surface area is 72.4 Å². The van der Waals surface area contributed by atoms with Crippen molar-refractivity contribution < 1.29 is 15.0 Å². The van der Waals surface area contributed by atoms with Crippen LogP contribution in [-0.2, 0) is 4.79 Å². The lowest BCUT2D eigenvalue weighted by atomic mass is 9.83. The molecule has 0 heterocycles. The highest BCUT2D eigenvalue weighted by molar-refractivity contribution is 5.80. The molecule has 12 heavy (non-hydrogen) atoms. The van der Waals surface area contributed by atoms with E-state index in [1.807, 2.05) is 0 Å². The number of hydrogen-bond donors (Lipinski definition) is 2. The van der Waals surface area contributed by atoms with Gasteiger partial charge >= 0.3 is 0 Å². The first-order valence-corrected chi connectivity index (χ1v) is 4.48. The Kier molecular flexibility index (Phi) is 3.23. The van der Waals surface area contributed by atoms with Gasteiger partial charge in [0.05, 0.1) is 6.10 Å². The standard InChI is InChI=1S/C9H16O3/c1-6(10)9(12)7-2-4-8(11)5-3-7/h7-9,11-12H,2-5H2,1H3. The van der Waals surface area contributed by atoms with Crippen molar-refractivity contribution in [1.29, 1.82) is 0 Å². The maximum atomic E-state index is 10.8. The van der Waals surface area contributed by atoms with Crippen molar-refractivity contribution in [1.82, 2.24) is 0 Å². The van der Waals surface area contributed by atoms with E-state index in [9.17, 15) is 15.0 Å². The zero-order valence-electron chi connectivity index (χ0n) is 7.36. The highest BCUT2D eigenvalue weighted by Gasteiger charge is 2.27. The Bertz CT molecular complexity index is 159. The number of hydrogen-bond acceptors (Lipinski definition) is 3. The fourth-order valence-electron chi connectivity index (χ4n) is 1.75. The molecule has 0 aliphatic heterocycles. The summed E-state index contributed by atoms with van der Waals surface area (Å²) in [4.78, 5) is 10.8. The molecule has 0 amide bonds. The fourth-order valence-corrected chi connectivity index (χ4v) is 1.75. The summed E-state index contributed by atoms with van der Waals surface area (Å²) >= 11 is 0. The van der Waals surface area contributed by atoms with Crippen LogP contribution in [0.4, 0.5) is 0 Å². The second kappa shape index (κ2) is 4.01. The van der Waals surface area contributed by atoms with E-state index in [0.717, 1.165) is 25.7 Å². The molecule has 1 aliphatic rings. The summed E-state index contributed by atoms with van der Waals surface area (Å²) in [5, 5.41) is 18.6. The maximum absolute atomic E-state index is 10.8. The third-order valence-corrected chi connectivity index (χ3v) is 2.60. The van der Waals surface area contributed by atoms with E-state index in [1.54, 1.807) is 0 Å². The summed E-state index contributed by atoms with van der Waals surface area (Å²) in [6.07, 6.45) is 1.94. The van der Waals surface area contributed by atoms with Crippen LogP contribution in [-0.4, -0.2) is 28.2 Å². The van der Waals surface area contributed by atoms with E-state index < -0.39 is 6.10 Å². The van der Waals surface area contributed by atoms with E-state index in [-0.39, 0.29) is 17.8 Å². The van der Waals surface area contributed by atoms with Gasteiger partial charge in [0.15, 0.2) is 5.78 Å². The van der Waals surface area contributed by atoms with Gasteiger partial charge in [0, 0.05) is 0 Å². The number of Topliss-reactive ketones (excluding diaryl/α,β-unsaturated/α-hetero) is 1. The Morgan fingerprint density at radius 2 is 1.83 bits per heavy atom. The lowest BCUT2D eigenvalue weighted by molar-refractivity contribution is -0.128. The highest BCUT2D eigenvalue weighted by Crippen LogP contribution is 2.27. The maximum Gasteiger partial charge on any atom is 0.158 e. The van der Waals surface area contributed by atoms with Gasteiger partial charge in [-0.3, -0.25) is 4.79 Å². The van der Waals surface area contributed by atoms with Gasteiger partial charge in [0.2, 0.25) is 0 Å². The fraction of sp³-hybridized carbons (Fsp3) is 0.889. The molecule has 0 aromatic heterocycles. The summed E-state index contributed by atoms with van der Waals surface area (Å²) in [7, 11) is 0. The molecule has 0 aromatic rings. The van der Waals surface area contributed by atoms with Crippen LogP contribution in [0.25, 0.3) is 0 Å². The lowest BCUT2D eigenvalue weighted by Crippen LogP contribution is -2.32. The highest BCUT2D eigenvalue weighted by atomic mass is 16.3. The Hall–Kier alpha value is -0.410. The second-order valence-corrected chi connectivity index (χ2v) is 3.62. The monoisotopic (exact) mass is 172 g/mol. The molecule has 0 bridgehead atoms. The van der Waals surface area contributed by atoms with Gasteiger partial charge in [-0.25, -0.2) is 0 Å². The summed E-state index contributed by atoms with van der Waals surface area (Å²) in [6, 6.07) is 0. The quantitative estimate of drug-likeness (QED) is 0.637. The Balaban J connectivity index is 2.39. The number of ketones is 1. The van der Waals surface area contributed by atoms with Crippen molar-refractivity contribution in [2.75, 3.05) is 0 Å². The normalized spacial score (nSPS) is 32.9. The predicted octanol–water partition coefficient (Wildman–Crippen LogP) is 0.487. The SMILES string of the molecule is CC(=O)C(O)C1CCC(O)CC1. The van der Waals surface area contributed by atoms with Crippen LogP contribution in [0.2, 0.25) is 0 Å². The molecule has 1 unspecified atom stereocenters. The van der Waals surface area contributed by atoms with E-state index in [4.69, 9.17) is 0 Å². The van der Waals surface area contributed by atoms with Crippen molar-refractivity contribution in [2.45, 2.75) is 44.8 Å². The van der Waals surface area contributed by atoms with Crippen molar-refractivity contribution in [2.24, 2.45) is 5.92 Å². The third kappa shape index (κ3) is 2.29. The lowest BCUT2D eigenvalue weighted by Gasteiger charge is -2.27. The van der Waals surface area contributed by atoms with Gasteiger partial charge in [0.1, 0.15) is 6.10 Å². The molecule has 1 saturated carbocycles. The Morgan fingerprint density at radius 1 is 1.33 bits per heavy atom. The third-order valence-electron chi connectivity index (χ3n) is 2.60. The summed E-state index contributed by atoms with van der Waals surface area (Å²) in [5.41, 5.74) is 0. The van der Waals surface area contributed by atoms with Crippen molar-refractivity contribution >= 4 is 5.78 Å². The van der Waals surface area contributed by atoms with Gasteiger partial charge in [-0.15, -0.1) is 0 Å². The van der Waals surface area contributed by atoms with Crippen LogP contribution in [0.1, 0.15) is 32.6 Å². The van der Waals surface area contributed by atoms with Crippen molar-refractivity contribution in [3.8, 4) is 0 Å². The minimum Gasteiger partial charge on any atom is -0.393 e. The number of rotatable bonds is 2. The molecular weight excluding hydrogens is 156 g/mol. The van der Waals surface area contributed by atoms with Crippen molar-refractivity contribution in [3.63, 3.8) is 0 Å². The second-order valence-electron chi connectivity index (χ2n) is 3.62. The minimum absolute atomic E-state index is 0.0749. The zero-order valence-corrected chi connectivity index (χ0v) is 7.36. The first-order chi connectivity index (χ1) is 5.61. The van der Waals surface area contributed by atoms with Gasteiger partial charge in [-0.2, -0.15) is 0 Å².